The maximum atomic E-state index is 10.8. The normalized spacial score (nSPS) is 11.4. The summed E-state index contributed by atoms with van der Waals surface area (Å²) in [5.41, 5.74) is 1.26. The van der Waals surface area contributed by atoms with E-state index in [1.165, 1.54) is 6.07 Å². The van der Waals surface area contributed by atoms with Crippen molar-refractivity contribution in [3.63, 3.8) is 0 Å². The summed E-state index contributed by atoms with van der Waals surface area (Å²) in [4.78, 5) is 10.3. The number of nitro benzene ring substituents is 1. The molecule has 6 heteroatoms. The van der Waals surface area contributed by atoms with E-state index < -0.39 is 4.92 Å². The molecule has 0 amide bonds. The second kappa shape index (κ2) is 6.90. The highest BCUT2D eigenvalue weighted by molar-refractivity contribution is 6.33. The summed E-state index contributed by atoms with van der Waals surface area (Å²) in [5.74, 6) is 0. The summed E-state index contributed by atoms with van der Waals surface area (Å²) in [6.45, 7) is 6.58. The molecule has 2 N–H and O–H groups in total. The number of nitro groups is 1. The average molecular weight is 301 g/mol. The van der Waals surface area contributed by atoms with Crippen LogP contribution in [0, 0.1) is 22.5 Å². The van der Waals surface area contributed by atoms with Gasteiger partial charge in [0.15, 0.2) is 0 Å². The van der Waals surface area contributed by atoms with Gasteiger partial charge in [0, 0.05) is 23.7 Å². The van der Waals surface area contributed by atoms with E-state index in [0.717, 1.165) is 24.1 Å². The molecule has 5 nitrogen and oxygen atoms in total. The van der Waals surface area contributed by atoms with Crippen LogP contribution in [0.5, 0.6) is 0 Å². The fraction of sp³-hybridized carbons (Fsp3) is 0.571. The molecule has 1 aromatic carbocycles. The molecule has 0 heterocycles. The van der Waals surface area contributed by atoms with Gasteiger partial charge in [0.1, 0.15) is 5.02 Å². The maximum Gasteiger partial charge on any atom is 0.288 e. The Labute approximate surface area is 124 Å². The van der Waals surface area contributed by atoms with Crippen molar-refractivity contribution in [2.75, 3.05) is 18.5 Å². The Hall–Kier alpha value is -1.33. The van der Waals surface area contributed by atoms with Crippen LogP contribution in [0.2, 0.25) is 5.02 Å². The molecule has 0 unspecified atom stereocenters. The van der Waals surface area contributed by atoms with Gasteiger partial charge in [0.25, 0.3) is 5.69 Å². The molecule has 0 saturated carbocycles. The van der Waals surface area contributed by atoms with E-state index in [2.05, 4.69) is 5.32 Å². The molecule has 0 aliphatic heterocycles. The fourth-order valence-corrected chi connectivity index (χ4v) is 2.29. The predicted molar refractivity (Wildman–Crippen MR) is 81.4 cm³/mol. The smallest absolute Gasteiger partial charge is 0.288 e. The highest BCUT2D eigenvalue weighted by atomic mass is 35.5. The van der Waals surface area contributed by atoms with Gasteiger partial charge in [-0.05, 0) is 31.4 Å². The van der Waals surface area contributed by atoms with Gasteiger partial charge in [-0.1, -0.05) is 25.4 Å². The molecule has 0 aliphatic carbocycles. The topological polar surface area (TPSA) is 75.4 Å². The van der Waals surface area contributed by atoms with E-state index in [0.29, 0.717) is 6.54 Å². The third-order valence-corrected chi connectivity index (χ3v) is 4.28. The van der Waals surface area contributed by atoms with Gasteiger partial charge in [0.2, 0.25) is 0 Å². The Morgan fingerprint density at radius 1 is 1.40 bits per heavy atom. The van der Waals surface area contributed by atoms with Crippen LogP contribution in [0.25, 0.3) is 0 Å². The van der Waals surface area contributed by atoms with Crippen molar-refractivity contribution in [1.29, 1.82) is 0 Å². The van der Waals surface area contributed by atoms with Crippen LogP contribution < -0.4 is 5.32 Å². The van der Waals surface area contributed by atoms with Crippen LogP contribution in [0.15, 0.2) is 12.1 Å². The average Bonchev–Trinajstić information content (AvgIpc) is 2.43. The van der Waals surface area contributed by atoms with Crippen LogP contribution in [0.3, 0.4) is 0 Å². The quantitative estimate of drug-likeness (QED) is 0.594. The number of rotatable bonds is 7. The number of anilines is 1. The molecule has 0 aromatic heterocycles. The SMILES string of the molecule is CCC(CC)(CO)CNc1cc(Cl)c([N+](=O)[O-])cc1C. The highest BCUT2D eigenvalue weighted by Crippen LogP contribution is 2.32. The van der Waals surface area contributed by atoms with Gasteiger partial charge in [-0.3, -0.25) is 10.1 Å². The maximum absolute atomic E-state index is 10.8. The number of nitrogens with one attached hydrogen (secondary N) is 1. The van der Waals surface area contributed by atoms with Gasteiger partial charge in [-0.15, -0.1) is 0 Å². The summed E-state index contributed by atoms with van der Waals surface area (Å²) >= 11 is 5.92. The molecule has 0 bridgehead atoms. The Morgan fingerprint density at radius 3 is 2.45 bits per heavy atom. The zero-order chi connectivity index (χ0) is 15.3. The number of aliphatic hydroxyl groups excluding tert-OH is 1. The van der Waals surface area contributed by atoms with E-state index in [1.54, 1.807) is 13.0 Å². The van der Waals surface area contributed by atoms with E-state index in [1.807, 2.05) is 13.8 Å². The second-order valence-electron chi connectivity index (χ2n) is 5.09. The third-order valence-electron chi connectivity index (χ3n) is 3.98. The molecule has 1 rings (SSSR count). The van der Waals surface area contributed by atoms with Crippen molar-refractivity contribution in [3.8, 4) is 0 Å². The Morgan fingerprint density at radius 2 is 2.00 bits per heavy atom. The largest absolute Gasteiger partial charge is 0.396 e. The lowest BCUT2D eigenvalue weighted by molar-refractivity contribution is -0.384. The van der Waals surface area contributed by atoms with Crippen molar-refractivity contribution in [1.82, 2.24) is 0 Å². The Bertz CT molecular complexity index is 479. The van der Waals surface area contributed by atoms with E-state index in [9.17, 15) is 15.2 Å². The Balaban J connectivity index is 2.94. The van der Waals surface area contributed by atoms with Crippen molar-refractivity contribution >= 4 is 23.0 Å². The molecule has 0 fully saturated rings. The summed E-state index contributed by atoms with van der Waals surface area (Å²) in [6, 6.07) is 3.03. The number of benzene rings is 1. The monoisotopic (exact) mass is 300 g/mol. The summed E-state index contributed by atoms with van der Waals surface area (Å²) < 4.78 is 0. The van der Waals surface area contributed by atoms with Crippen molar-refractivity contribution in [2.45, 2.75) is 33.6 Å². The molecule has 112 valence electrons. The van der Waals surface area contributed by atoms with Crippen LogP contribution >= 0.6 is 11.6 Å². The molecule has 0 spiro atoms. The Kier molecular flexibility index (Phi) is 5.77. The van der Waals surface area contributed by atoms with Gasteiger partial charge in [-0.2, -0.15) is 0 Å². The first-order chi connectivity index (χ1) is 9.39. The first-order valence-corrected chi connectivity index (χ1v) is 7.06. The molecule has 1 aromatic rings. The zero-order valence-corrected chi connectivity index (χ0v) is 12.8. The lowest BCUT2D eigenvalue weighted by atomic mass is 9.83. The molecule has 20 heavy (non-hydrogen) atoms. The number of hydrogen-bond acceptors (Lipinski definition) is 4. The summed E-state index contributed by atoms with van der Waals surface area (Å²) in [5, 5.41) is 23.7. The molecule has 0 atom stereocenters. The van der Waals surface area contributed by atoms with Gasteiger partial charge >= 0.3 is 0 Å². The molecule has 0 aliphatic rings. The van der Waals surface area contributed by atoms with Crippen LogP contribution in [-0.2, 0) is 0 Å². The highest BCUT2D eigenvalue weighted by Gasteiger charge is 2.25. The molecular formula is C14H21ClN2O3. The van der Waals surface area contributed by atoms with Crippen LogP contribution in [-0.4, -0.2) is 23.2 Å². The molecular weight excluding hydrogens is 280 g/mol. The van der Waals surface area contributed by atoms with E-state index in [4.69, 9.17) is 11.6 Å². The summed E-state index contributed by atoms with van der Waals surface area (Å²) in [6.07, 6.45) is 1.71. The van der Waals surface area contributed by atoms with Crippen molar-refractivity contribution in [2.24, 2.45) is 5.41 Å². The zero-order valence-electron chi connectivity index (χ0n) is 12.1. The summed E-state index contributed by atoms with van der Waals surface area (Å²) in [7, 11) is 0. The molecule has 0 radical (unpaired) electrons. The lowest BCUT2D eigenvalue weighted by Crippen LogP contribution is -2.32. The minimum atomic E-state index is -0.491. The van der Waals surface area contributed by atoms with E-state index >= 15 is 0 Å². The number of nitrogens with zero attached hydrogens (tertiary/aromatic N) is 1. The third kappa shape index (κ3) is 3.61. The van der Waals surface area contributed by atoms with Gasteiger partial charge in [-0.25, -0.2) is 0 Å². The van der Waals surface area contributed by atoms with Crippen molar-refractivity contribution in [3.05, 3.63) is 32.8 Å². The predicted octanol–water partition coefficient (Wildman–Crippen LogP) is 3.77. The molecule has 0 saturated heterocycles. The van der Waals surface area contributed by atoms with Crippen LogP contribution in [0.4, 0.5) is 11.4 Å². The number of aliphatic hydroxyl groups is 1. The minimum absolute atomic E-state index is 0.0888. The number of hydrogen-bond donors (Lipinski definition) is 2. The van der Waals surface area contributed by atoms with E-state index in [-0.39, 0.29) is 22.7 Å². The fourth-order valence-electron chi connectivity index (χ4n) is 2.06. The first-order valence-electron chi connectivity index (χ1n) is 6.68. The van der Waals surface area contributed by atoms with Gasteiger partial charge in [0.05, 0.1) is 11.5 Å². The minimum Gasteiger partial charge on any atom is -0.396 e. The number of aryl methyl sites for hydroxylation is 1. The van der Waals surface area contributed by atoms with Gasteiger partial charge < -0.3 is 10.4 Å². The first kappa shape index (κ1) is 16.7. The standard InChI is InChI=1S/C14H21ClN2O3/c1-4-14(5-2,9-18)8-16-12-7-11(15)13(17(19)20)6-10(12)3/h6-7,16,18H,4-5,8-9H2,1-3H3. The van der Waals surface area contributed by atoms with Crippen LogP contribution in [0.1, 0.15) is 32.3 Å². The lowest BCUT2D eigenvalue weighted by Gasteiger charge is -2.30. The second-order valence-corrected chi connectivity index (χ2v) is 5.50. The van der Waals surface area contributed by atoms with Crippen molar-refractivity contribution < 1.29 is 10.0 Å². The number of halogens is 1.